The van der Waals surface area contributed by atoms with Gasteiger partial charge in [-0.05, 0) is 41.8 Å². The first kappa shape index (κ1) is 12.4. The summed E-state index contributed by atoms with van der Waals surface area (Å²) in [7, 11) is 0. The number of benzene rings is 2. The minimum absolute atomic E-state index is 0.470. The number of aromatic nitrogens is 2. The third kappa shape index (κ3) is 2.06. The van der Waals surface area contributed by atoms with Crippen LogP contribution in [0, 0.1) is 11.3 Å². The molecule has 0 spiro atoms. The molecule has 2 aromatic carbocycles. The molecule has 0 unspecified atom stereocenters. The van der Waals surface area contributed by atoms with Gasteiger partial charge in [-0.25, -0.2) is 4.68 Å². The van der Waals surface area contributed by atoms with E-state index in [1.165, 1.54) is 10.9 Å². The molecule has 0 fully saturated rings. The molecule has 0 bridgehead atoms. The molecule has 3 nitrogen and oxygen atoms in total. The molecular weight excluding hydrogens is 246 g/mol. The van der Waals surface area contributed by atoms with E-state index in [4.69, 9.17) is 5.26 Å². The van der Waals surface area contributed by atoms with Crippen LogP contribution in [0.15, 0.2) is 48.7 Å². The van der Waals surface area contributed by atoms with Gasteiger partial charge in [0.15, 0.2) is 0 Å². The Labute approximate surface area is 118 Å². The normalized spacial score (nSPS) is 10.9. The van der Waals surface area contributed by atoms with Gasteiger partial charge in [-0.15, -0.1) is 0 Å². The molecule has 0 atom stereocenters. The number of rotatable bonds is 2. The second-order valence-corrected chi connectivity index (χ2v) is 5.17. The Balaban J connectivity index is 2.13. The Morgan fingerprint density at radius 3 is 2.50 bits per heavy atom. The van der Waals surface area contributed by atoms with Crippen molar-refractivity contribution in [1.82, 2.24) is 9.78 Å². The lowest BCUT2D eigenvalue weighted by Gasteiger charge is -2.05. The summed E-state index contributed by atoms with van der Waals surface area (Å²) in [5.74, 6) is 0.470. The molecule has 3 heteroatoms. The minimum Gasteiger partial charge on any atom is -0.240 e. The maximum atomic E-state index is 8.84. The van der Waals surface area contributed by atoms with Gasteiger partial charge in [0.05, 0.1) is 22.8 Å². The van der Waals surface area contributed by atoms with Crippen molar-refractivity contribution in [2.45, 2.75) is 19.8 Å². The number of fused-ring (bicyclic) bond motifs is 1. The van der Waals surface area contributed by atoms with E-state index in [1.54, 1.807) is 0 Å². The highest BCUT2D eigenvalue weighted by Crippen LogP contribution is 2.25. The van der Waals surface area contributed by atoms with Gasteiger partial charge in [-0.1, -0.05) is 26.0 Å². The fourth-order valence-electron chi connectivity index (χ4n) is 2.39. The second-order valence-electron chi connectivity index (χ2n) is 5.17. The molecule has 0 amide bonds. The van der Waals surface area contributed by atoms with Crippen LogP contribution < -0.4 is 0 Å². The Kier molecular flexibility index (Phi) is 3.00. The lowest BCUT2D eigenvalue weighted by Crippen LogP contribution is -1.93. The van der Waals surface area contributed by atoms with Crippen molar-refractivity contribution in [3.63, 3.8) is 0 Å². The standard InChI is InChI=1S/C17H15N3/c1-12(2)15-4-3-5-17-16(15)11-20(19-17)14-8-6-13(10-18)7-9-14/h3-9,11-12H,1-2H3. The maximum absolute atomic E-state index is 8.84. The summed E-state index contributed by atoms with van der Waals surface area (Å²) in [5.41, 5.74) is 3.94. The average Bonchev–Trinajstić information content (AvgIpc) is 2.90. The smallest absolute Gasteiger partial charge is 0.0991 e. The molecular formula is C17H15N3. The summed E-state index contributed by atoms with van der Waals surface area (Å²) in [5, 5.41) is 14.6. The first-order valence-electron chi connectivity index (χ1n) is 6.68. The van der Waals surface area contributed by atoms with Gasteiger partial charge in [-0.2, -0.15) is 10.4 Å². The van der Waals surface area contributed by atoms with Gasteiger partial charge in [0.2, 0.25) is 0 Å². The van der Waals surface area contributed by atoms with E-state index in [0.717, 1.165) is 11.2 Å². The predicted octanol–water partition coefficient (Wildman–Crippen LogP) is 4.02. The van der Waals surface area contributed by atoms with Crippen LogP contribution in [0.1, 0.15) is 30.9 Å². The van der Waals surface area contributed by atoms with E-state index in [1.807, 2.05) is 41.1 Å². The lowest BCUT2D eigenvalue weighted by molar-refractivity contribution is 0.875. The van der Waals surface area contributed by atoms with Crippen molar-refractivity contribution >= 4 is 10.9 Å². The van der Waals surface area contributed by atoms with Crippen LogP contribution in [0.2, 0.25) is 0 Å². The predicted molar refractivity (Wildman–Crippen MR) is 79.9 cm³/mol. The molecule has 0 radical (unpaired) electrons. The lowest BCUT2D eigenvalue weighted by atomic mass is 10.00. The van der Waals surface area contributed by atoms with E-state index >= 15 is 0 Å². The maximum Gasteiger partial charge on any atom is 0.0991 e. The molecule has 0 aliphatic heterocycles. The van der Waals surface area contributed by atoms with Crippen molar-refractivity contribution in [2.24, 2.45) is 0 Å². The van der Waals surface area contributed by atoms with Gasteiger partial charge < -0.3 is 0 Å². The largest absolute Gasteiger partial charge is 0.240 e. The highest BCUT2D eigenvalue weighted by Gasteiger charge is 2.09. The average molecular weight is 261 g/mol. The quantitative estimate of drug-likeness (QED) is 0.699. The van der Waals surface area contributed by atoms with Crippen LogP contribution in [0.5, 0.6) is 0 Å². The summed E-state index contributed by atoms with van der Waals surface area (Å²) in [6.45, 7) is 4.38. The number of hydrogen-bond acceptors (Lipinski definition) is 2. The molecule has 98 valence electrons. The molecule has 3 aromatic rings. The molecule has 3 rings (SSSR count). The molecule has 1 aromatic heterocycles. The zero-order valence-corrected chi connectivity index (χ0v) is 11.5. The van der Waals surface area contributed by atoms with Gasteiger partial charge in [0.25, 0.3) is 0 Å². The van der Waals surface area contributed by atoms with Crippen molar-refractivity contribution in [2.75, 3.05) is 0 Å². The summed E-state index contributed by atoms with van der Waals surface area (Å²) < 4.78 is 1.87. The SMILES string of the molecule is CC(C)c1cccc2nn(-c3ccc(C#N)cc3)cc12. The monoisotopic (exact) mass is 261 g/mol. The van der Waals surface area contributed by atoms with Gasteiger partial charge >= 0.3 is 0 Å². The molecule has 0 saturated heterocycles. The molecule has 0 N–H and O–H groups in total. The Bertz CT molecular complexity index is 789. The van der Waals surface area contributed by atoms with Crippen molar-refractivity contribution < 1.29 is 0 Å². The van der Waals surface area contributed by atoms with Gasteiger partial charge in [-0.3, -0.25) is 0 Å². The van der Waals surface area contributed by atoms with Crippen LogP contribution in [-0.4, -0.2) is 9.78 Å². The first-order valence-corrected chi connectivity index (χ1v) is 6.68. The summed E-state index contributed by atoms with van der Waals surface area (Å²) >= 11 is 0. The topological polar surface area (TPSA) is 41.6 Å². The highest BCUT2D eigenvalue weighted by atomic mass is 15.3. The number of nitrogens with zero attached hydrogens (tertiary/aromatic N) is 3. The first-order chi connectivity index (χ1) is 9.69. The molecule has 0 aliphatic carbocycles. The third-order valence-electron chi connectivity index (χ3n) is 3.47. The Hall–Kier alpha value is -2.60. The second kappa shape index (κ2) is 4.82. The van der Waals surface area contributed by atoms with Gasteiger partial charge in [0, 0.05) is 11.6 Å². The van der Waals surface area contributed by atoms with Gasteiger partial charge in [0.1, 0.15) is 0 Å². The van der Waals surface area contributed by atoms with Crippen molar-refractivity contribution in [3.8, 4) is 11.8 Å². The zero-order valence-electron chi connectivity index (χ0n) is 11.5. The van der Waals surface area contributed by atoms with Crippen LogP contribution in [0.3, 0.4) is 0 Å². The third-order valence-corrected chi connectivity index (χ3v) is 3.47. The van der Waals surface area contributed by atoms with E-state index in [9.17, 15) is 0 Å². The molecule has 20 heavy (non-hydrogen) atoms. The molecule has 0 saturated carbocycles. The van der Waals surface area contributed by atoms with E-state index in [2.05, 4.69) is 37.3 Å². The van der Waals surface area contributed by atoms with Crippen molar-refractivity contribution in [1.29, 1.82) is 5.26 Å². The molecule has 0 aliphatic rings. The summed E-state index contributed by atoms with van der Waals surface area (Å²) in [6, 6.07) is 15.8. The highest BCUT2D eigenvalue weighted by molar-refractivity contribution is 5.82. The van der Waals surface area contributed by atoms with E-state index in [0.29, 0.717) is 11.5 Å². The number of nitriles is 1. The van der Waals surface area contributed by atoms with Crippen LogP contribution in [0.4, 0.5) is 0 Å². The number of hydrogen-bond donors (Lipinski definition) is 0. The Morgan fingerprint density at radius 1 is 1.10 bits per heavy atom. The van der Waals surface area contributed by atoms with Crippen LogP contribution in [-0.2, 0) is 0 Å². The summed E-state index contributed by atoms with van der Waals surface area (Å²) in [4.78, 5) is 0. The fraction of sp³-hybridized carbons (Fsp3) is 0.176. The molecule has 1 heterocycles. The van der Waals surface area contributed by atoms with Crippen LogP contribution >= 0.6 is 0 Å². The van der Waals surface area contributed by atoms with E-state index in [-0.39, 0.29) is 0 Å². The fourth-order valence-corrected chi connectivity index (χ4v) is 2.39. The minimum atomic E-state index is 0.470. The van der Waals surface area contributed by atoms with Crippen LogP contribution in [0.25, 0.3) is 16.6 Å². The van der Waals surface area contributed by atoms with E-state index < -0.39 is 0 Å². The zero-order chi connectivity index (χ0) is 14.1. The summed E-state index contributed by atoms with van der Waals surface area (Å²) in [6.07, 6.45) is 2.06. The van der Waals surface area contributed by atoms with Crippen molar-refractivity contribution in [3.05, 3.63) is 59.8 Å². The Morgan fingerprint density at radius 2 is 1.85 bits per heavy atom.